The van der Waals surface area contributed by atoms with Crippen molar-refractivity contribution >= 4 is 88.8 Å². The molecule has 0 amide bonds. The molecule has 0 aliphatic rings. The van der Waals surface area contributed by atoms with Crippen LogP contribution in [0.5, 0.6) is 0 Å². The summed E-state index contributed by atoms with van der Waals surface area (Å²) in [4.78, 5) is 4.65. The number of para-hydroxylation sites is 5. The van der Waals surface area contributed by atoms with Crippen molar-refractivity contribution in [3.05, 3.63) is 231 Å². The Labute approximate surface area is 358 Å². The van der Waals surface area contributed by atoms with Crippen LogP contribution in [0.3, 0.4) is 0 Å². The number of nitrogens with zero attached hydrogens (tertiary/aromatic N) is 2. The molecule has 0 radical (unpaired) electrons. The van der Waals surface area contributed by atoms with Gasteiger partial charge in [-0.2, -0.15) is 0 Å². The average molecular weight is 795 g/mol. The fourth-order valence-corrected chi connectivity index (χ4v) is 9.11. The lowest BCUT2D eigenvalue weighted by atomic mass is 9.96. The van der Waals surface area contributed by atoms with Gasteiger partial charge in [0, 0.05) is 44.2 Å². The largest absolute Gasteiger partial charge is 0.454 e. The van der Waals surface area contributed by atoms with E-state index >= 15 is 0 Å². The average Bonchev–Trinajstić information content (AvgIpc) is 3.92. The van der Waals surface area contributed by atoms with Crippen LogP contribution in [0.2, 0.25) is 0 Å². The first kappa shape index (κ1) is 35.6. The van der Waals surface area contributed by atoms with E-state index in [1.165, 1.54) is 10.8 Å². The number of hydrogen-bond acceptors (Lipinski definition) is 4. The SMILES string of the molecule is c1ccc(-c2cc(-c3ccc(N(c4ccc5ccccc5c4)c4cccc5c4oc4ccccc45)cc3)ccc2N(c2ccccc2)c2cccc3c2oc2ccccc23)cc1. The zero-order valence-electron chi connectivity index (χ0n) is 33.7. The third kappa shape index (κ3) is 6.00. The van der Waals surface area contributed by atoms with Gasteiger partial charge < -0.3 is 18.6 Å². The Kier molecular flexibility index (Phi) is 8.46. The maximum Gasteiger partial charge on any atom is 0.159 e. The fourth-order valence-electron chi connectivity index (χ4n) is 9.11. The highest BCUT2D eigenvalue weighted by molar-refractivity contribution is 6.12. The predicted molar refractivity (Wildman–Crippen MR) is 259 cm³/mol. The molecule has 0 unspecified atom stereocenters. The smallest absolute Gasteiger partial charge is 0.159 e. The topological polar surface area (TPSA) is 32.8 Å². The summed E-state index contributed by atoms with van der Waals surface area (Å²) in [5, 5.41) is 6.77. The third-order valence-electron chi connectivity index (χ3n) is 12.0. The van der Waals surface area contributed by atoms with Crippen molar-refractivity contribution in [2.24, 2.45) is 0 Å². The van der Waals surface area contributed by atoms with Crippen LogP contribution in [0.15, 0.2) is 239 Å². The quantitative estimate of drug-likeness (QED) is 0.153. The van der Waals surface area contributed by atoms with E-state index in [1.54, 1.807) is 0 Å². The molecule has 0 atom stereocenters. The van der Waals surface area contributed by atoms with Crippen LogP contribution in [0.1, 0.15) is 0 Å². The van der Waals surface area contributed by atoms with E-state index in [-0.39, 0.29) is 0 Å². The summed E-state index contributed by atoms with van der Waals surface area (Å²) in [6.07, 6.45) is 0. The number of anilines is 6. The van der Waals surface area contributed by atoms with Gasteiger partial charge in [0.25, 0.3) is 0 Å². The van der Waals surface area contributed by atoms with E-state index in [1.807, 2.05) is 24.3 Å². The Bertz CT molecular complexity index is 3590. The van der Waals surface area contributed by atoms with E-state index in [0.29, 0.717) is 0 Å². The van der Waals surface area contributed by atoms with Gasteiger partial charge in [-0.25, -0.2) is 0 Å². The van der Waals surface area contributed by atoms with Gasteiger partial charge in [0.05, 0.1) is 17.1 Å². The number of rotatable bonds is 8. The standard InChI is InChI=1S/C58H38N2O2/c1-3-16-41(17-4-1)51-38-43(32-36-52(51)60(44-19-5-2-6-20-44)54-26-14-24-50-48-22-10-12-28-56(48)62-58(50)54)40-29-33-45(34-30-40)59(46-35-31-39-15-7-8-18-42(39)37-46)53-25-13-23-49-47-21-9-11-27-55(47)61-57(49)53/h1-38H. The minimum absolute atomic E-state index is 0.852. The Morgan fingerprint density at radius 1 is 0.274 bits per heavy atom. The lowest BCUT2D eigenvalue weighted by molar-refractivity contribution is 0.668. The Hall–Kier alpha value is -8.34. The molecule has 4 heteroatoms. The molecule has 62 heavy (non-hydrogen) atoms. The number of benzene rings is 10. The van der Waals surface area contributed by atoms with Crippen molar-refractivity contribution in [2.45, 2.75) is 0 Å². The zero-order chi connectivity index (χ0) is 41.0. The molecule has 292 valence electrons. The lowest BCUT2D eigenvalue weighted by Gasteiger charge is -2.28. The maximum absolute atomic E-state index is 6.65. The summed E-state index contributed by atoms with van der Waals surface area (Å²) in [6, 6.07) is 81.6. The number of hydrogen-bond donors (Lipinski definition) is 0. The normalized spacial score (nSPS) is 11.5. The van der Waals surface area contributed by atoms with Gasteiger partial charge in [-0.15, -0.1) is 0 Å². The van der Waals surface area contributed by atoms with Crippen LogP contribution < -0.4 is 9.80 Å². The predicted octanol–water partition coefficient (Wildman–Crippen LogP) is 16.9. The second-order valence-corrected chi connectivity index (χ2v) is 15.7. The van der Waals surface area contributed by atoms with E-state index in [9.17, 15) is 0 Å². The minimum atomic E-state index is 0.852. The van der Waals surface area contributed by atoms with Crippen LogP contribution >= 0.6 is 0 Å². The van der Waals surface area contributed by atoms with Crippen LogP contribution in [-0.2, 0) is 0 Å². The van der Waals surface area contributed by atoms with Gasteiger partial charge in [-0.1, -0.05) is 158 Å². The summed E-state index contributed by atoms with van der Waals surface area (Å²) in [5.74, 6) is 0. The molecule has 0 saturated heterocycles. The van der Waals surface area contributed by atoms with Crippen molar-refractivity contribution in [2.75, 3.05) is 9.80 Å². The molecular weight excluding hydrogens is 757 g/mol. The fraction of sp³-hybridized carbons (Fsp3) is 0. The van der Waals surface area contributed by atoms with Crippen LogP contribution in [0, 0.1) is 0 Å². The molecule has 2 heterocycles. The Morgan fingerprint density at radius 3 is 1.47 bits per heavy atom. The van der Waals surface area contributed by atoms with Gasteiger partial charge in [0.1, 0.15) is 11.2 Å². The van der Waals surface area contributed by atoms with Gasteiger partial charge in [0.2, 0.25) is 0 Å². The molecule has 0 aliphatic carbocycles. The summed E-state index contributed by atoms with van der Waals surface area (Å²) in [5.41, 5.74) is 14.1. The summed E-state index contributed by atoms with van der Waals surface area (Å²) in [7, 11) is 0. The van der Waals surface area contributed by atoms with Gasteiger partial charge >= 0.3 is 0 Å². The highest BCUT2D eigenvalue weighted by Crippen LogP contribution is 2.47. The zero-order valence-corrected chi connectivity index (χ0v) is 33.7. The number of furan rings is 2. The van der Waals surface area contributed by atoms with Crippen molar-refractivity contribution in [3.8, 4) is 22.3 Å². The van der Waals surface area contributed by atoms with E-state index in [4.69, 9.17) is 8.83 Å². The van der Waals surface area contributed by atoms with Gasteiger partial charge in [0.15, 0.2) is 11.2 Å². The first-order valence-corrected chi connectivity index (χ1v) is 21.0. The van der Waals surface area contributed by atoms with Gasteiger partial charge in [-0.05, 0) is 100 Å². The third-order valence-corrected chi connectivity index (χ3v) is 12.0. The highest BCUT2D eigenvalue weighted by atomic mass is 16.3. The molecule has 0 N–H and O–H groups in total. The second-order valence-electron chi connectivity index (χ2n) is 15.7. The monoisotopic (exact) mass is 794 g/mol. The van der Waals surface area contributed by atoms with Crippen LogP contribution in [-0.4, -0.2) is 0 Å². The second kappa shape index (κ2) is 14.7. The molecule has 0 bridgehead atoms. The van der Waals surface area contributed by atoms with Crippen molar-refractivity contribution in [1.82, 2.24) is 0 Å². The first-order chi connectivity index (χ1) is 30.7. The first-order valence-electron chi connectivity index (χ1n) is 21.0. The van der Waals surface area contributed by atoms with E-state index < -0.39 is 0 Å². The minimum Gasteiger partial charge on any atom is -0.454 e. The highest BCUT2D eigenvalue weighted by Gasteiger charge is 2.23. The molecule has 10 aromatic carbocycles. The van der Waals surface area contributed by atoms with Crippen molar-refractivity contribution in [1.29, 1.82) is 0 Å². The Morgan fingerprint density at radius 2 is 0.790 bits per heavy atom. The van der Waals surface area contributed by atoms with E-state index in [0.717, 1.165) is 100 Å². The molecule has 2 aromatic heterocycles. The molecular formula is C58H38N2O2. The van der Waals surface area contributed by atoms with Crippen molar-refractivity contribution in [3.63, 3.8) is 0 Å². The summed E-state index contributed by atoms with van der Waals surface area (Å²) >= 11 is 0. The van der Waals surface area contributed by atoms with Crippen LogP contribution in [0.4, 0.5) is 34.1 Å². The lowest BCUT2D eigenvalue weighted by Crippen LogP contribution is -2.11. The Balaban J connectivity index is 1.01. The molecule has 12 rings (SSSR count). The van der Waals surface area contributed by atoms with Crippen LogP contribution in [0.25, 0.3) is 76.9 Å². The maximum atomic E-state index is 6.65. The molecule has 0 spiro atoms. The molecule has 0 saturated carbocycles. The number of fused-ring (bicyclic) bond motifs is 7. The summed E-state index contributed by atoms with van der Waals surface area (Å²) < 4.78 is 13.3. The van der Waals surface area contributed by atoms with Crippen molar-refractivity contribution < 1.29 is 8.83 Å². The molecule has 0 aliphatic heterocycles. The molecule has 0 fully saturated rings. The van der Waals surface area contributed by atoms with E-state index in [2.05, 4.69) is 216 Å². The summed E-state index contributed by atoms with van der Waals surface area (Å²) in [6.45, 7) is 0. The molecule has 4 nitrogen and oxygen atoms in total. The van der Waals surface area contributed by atoms with Gasteiger partial charge in [-0.3, -0.25) is 0 Å². The molecule has 12 aromatic rings.